The average Bonchev–Trinajstić information content (AvgIpc) is 3.00. The van der Waals surface area contributed by atoms with Crippen LogP contribution in [0.25, 0.3) is 5.57 Å². The quantitative estimate of drug-likeness (QED) is 0.239. The molecule has 0 saturated carbocycles. The van der Waals surface area contributed by atoms with E-state index in [1.54, 1.807) is 0 Å². The van der Waals surface area contributed by atoms with Crippen molar-refractivity contribution < 1.29 is 0 Å². The van der Waals surface area contributed by atoms with Crippen LogP contribution in [0.2, 0.25) is 0 Å². The molecule has 2 aromatic rings. The van der Waals surface area contributed by atoms with Crippen LogP contribution in [0.15, 0.2) is 96.3 Å². The molecule has 0 saturated heterocycles. The van der Waals surface area contributed by atoms with Gasteiger partial charge in [-0.05, 0) is 90.1 Å². The molecular weight excluding hydrogens is 412 g/mol. The summed E-state index contributed by atoms with van der Waals surface area (Å²) in [5.41, 5.74) is 17.1. The zero-order valence-electron chi connectivity index (χ0n) is 21.7. The summed E-state index contributed by atoms with van der Waals surface area (Å²) in [5, 5.41) is 3.76. The summed E-state index contributed by atoms with van der Waals surface area (Å²) in [5.74, 6) is 0.383. The topological polar surface area (TPSA) is 38.0 Å². The van der Waals surface area contributed by atoms with E-state index >= 15 is 0 Å². The largest absolute Gasteiger partial charge is 0.399 e. The van der Waals surface area contributed by atoms with Gasteiger partial charge in [0.05, 0.1) is 0 Å². The van der Waals surface area contributed by atoms with Gasteiger partial charge in [-0.1, -0.05) is 81.8 Å². The molecule has 34 heavy (non-hydrogen) atoms. The lowest BCUT2D eigenvalue weighted by Crippen LogP contribution is -2.21. The van der Waals surface area contributed by atoms with Gasteiger partial charge in [-0.25, -0.2) is 0 Å². The van der Waals surface area contributed by atoms with Crippen LogP contribution in [-0.4, -0.2) is 0 Å². The van der Waals surface area contributed by atoms with E-state index in [1.807, 2.05) is 19.1 Å². The predicted octanol–water partition coefficient (Wildman–Crippen LogP) is 8.74. The van der Waals surface area contributed by atoms with Gasteiger partial charge < -0.3 is 11.1 Å². The van der Waals surface area contributed by atoms with Gasteiger partial charge in [0, 0.05) is 17.1 Å². The van der Waals surface area contributed by atoms with Gasteiger partial charge in [-0.3, -0.25) is 0 Å². The maximum absolute atomic E-state index is 6.17. The molecule has 0 aliphatic heterocycles. The van der Waals surface area contributed by atoms with Gasteiger partial charge >= 0.3 is 0 Å². The molecule has 1 aliphatic carbocycles. The first kappa shape index (κ1) is 25.4. The molecule has 1 unspecified atom stereocenters. The Morgan fingerprint density at radius 1 is 1.15 bits per heavy atom. The third kappa shape index (κ3) is 5.28. The average molecular weight is 453 g/mol. The summed E-state index contributed by atoms with van der Waals surface area (Å²) in [6.07, 6.45) is 12.5. The van der Waals surface area contributed by atoms with Crippen molar-refractivity contribution in [2.24, 2.45) is 5.92 Å². The molecule has 2 heteroatoms. The number of aryl methyl sites for hydroxylation is 1. The lowest BCUT2D eigenvalue weighted by Gasteiger charge is -2.26. The van der Waals surface area contributed by atoms with Crippen LogP contribution in [0, 0.1) is 12.8 Å². The summed E-state index contributed by atoms with van der Waals surface area (Å²) < 4.78 is 0. The monoisotopic (exact) mass is 452 g/mol. The van der Waals surface area contributed by atoms with E-state index in [9.17, 15) is 0 Å². The van der Waals surface area contributed by atoms with Gasteiger partial charge in [0.1, 0.15) is 0 Å². The van der Waals surface area contributed by atoms with E-state index in [2.05, 4.69) is 107 Å². The van der Waals surface area contributed by atoms with Crippen molar-refractivity contribution >= 4 is 16.9 Å². The van der Waals surface area contributed by atoms with Crippen LogP contribution >= 0.6 is 0 Å². The Bertz CT molecular complexity index is 1150. The molecule has 0 amide bonds. The third-order valence-corrected chi connectivity index (χ3v) is 7.13. The van der Waals surface area contributed by atoms with E-state index in [0.29, 0.717) is 5.92 Å². The summed E-state index contributed by atoms with van der Waals surface area (Å²) in [6.45, 7) is 17.4. The summed E-state index contributed by atoms with van der Waals surface area (Å²) in [6, 6.07) is 15.0. The number of anilines is 2. The molecule has 0 spiro atoms. The number of rotatable bonds is 8. The summed E-state index contributed by atoms with van der Waals surface area (Å²) >= 11 is 0. The molecule has 0 aromatic heterocycles. The van der Waals surface area contributed by atoms with Crippen molar-refractivity contribution in [3.8, 4) is 0 Å². The standard InChI is InChI=1S/C32H40N2/c1-8-11-13-25(12-9-2)31(34-27-17-14-22(4)15-18-27)24(10-3)20-29-23(5)32(6,7)30-21-26(33)16-19-28(29)30/h8-9,11,13-21,23,34H,2,10,12,33H2,1,3-7H3/b11-8-,25-13+,29-20+,31-24-. The highest BCUT2D eigenvalue weighted by molar-refractivity contribution is 5.80. The summed E-state index contributed by atoms with van der Waals surface area (Å²) in [4.78, 5) is 0. The first-order valence-corrected chi connectivity index (χ1v) is 12.3. The van der Waals surface area contributed by atoms with Crippen LogP contribution in [0.1, 0.15) is 64.2 Å². The minimum atomic E-state index is 0.0324. The van der Waals surface area contributed by atoms with E-state index in [1.165, 1.54) is 33.4 Å². The molecule has 2 nitrogen and oxygen atoms in total. The van der Waals surface area contributed by atoms with Crippen molar-refractivity contribution in [1.29, 1.82) is 0 Å². The molecular formula is C32H40N2. The lowest BCUT2D eigenvalue weighted by atomic mass is 9.78. The lowest BCUT2D eigenvalue weighted by molar-refractivity contribution is 0.442. The number of benzene rings is 2. The Morgan fingerprint density at radius 3 is 2.47 bits per heavy atom. The first-order valence-electron chi connectivity index (χ1n) is 12.3. The maximum Gasteiger partial charge on any atom is 0.0452 e. The van der Waals surface area contributed by atoms with Crippen molar-refractivity contribution in [2.75, 3.05) is 11.1 Å². The van der Waals surface area contributed by atoms with E-state index in [-0.39, 0.29) is 5.41 Å². The third-order valence-electron chi connectivity index (χ3n) is 7.13. The second-order valence-electron chi connectivity index (χ2n) is 9.80. The first-order chi connectivity index (χ1) is 16.2. The molecule has 0 fully saturated rings. The fourth-order valence-corrected chi connectivity index (χ4v) is 4.71. The maximum atomic E-state index is 6.17. The van der Waals surface area contributed by atoms with Crippen LogP contribution in [0.3, 0.4) is 0 Å². The molecule has 0 bridgehead atoms. The summed E-state index contributed by atoms with van der Waals surface area (Å²) in [7, 11) is 0. The highest BCUT2D eigenvalue weighted by atomic mass is 14.9. The zero-order chi connectivity index (χ0) is 24.9. The Labute approximate surface area is 206 Å². The fraction of sp³-hybridized carbons (Fsp3) is 0.312. The van der Waals surface area contributed by atoms with Crippen molar-refractivity contribution in [3.05, 3.63) is 113 Å². The van der Waals surface area contributed by atoms with Gasteiger partial charge in [-0.2, -0.15) is 0 Å². The molecule has 3 N–H and O–H groups in total. The molecule has 1 atom stereocenters. The molecule has 3 rings (SSSR count). The number of fused-ring (bicyclic) bond motifs is 1. The number of hydrogen-bond donors (Lipinski definition) is 2. The van der Waals surface area contributed by atoms with Gasteiger partial charge in [-0.15, -0.1) is 6.58 Å². The highest BCUT2D eigenvalue weighted by Gasteiger charge is 2.40. The molecule has 0 heterocycles. The van der Waals surface area contributed by atoms with Crippen molar-refractivity contribution in [1.82, 2.24) is 0 Å². The van der Waals surface area contributed by atoms with Gasteiger partial charge in [0.25, 0.3) is 0 Å². The van der Waals surface area contributed by atoms with Crippen LogP contribution < -0.4 is 11.1 Å². The number of nitrogens with two attached hydrogens (primary N) is 1. The van der Waals surface area contributed by atoms with E-state index < -0.39 is 0 Å². The Hall–Kier alpha value is -3.26. The minimum Gasteiger partial charge on any atom is -0.399 e. The Morgan fingerprint density at radius 2 is 1.85 bits per heavy atom. The number of nitrogens with one attached hydrogen (secondary N) is 1. The van der Waals surface area contributed by atoms with Gasteiger partial charge in [0.15, 0.2) is 0 Å². The second-order valence-corrected chi connectivity index (χ2v) is 9.80. The number of nitrogen functional groups attached to an aromatic ring is 1. The molecule has 0 radical (unpaired) electrons. The van der Waals surface area contributed by atoms with Gasteiger partial charge in [0.2, 0.25) is 0 Å². The Balaban J connectivity index is 2.23. The molecule has 2 aromatic carbocycles. The Kier molecular flexibility index (Phi) is 8.04. The predicted molar refractivity (Wildman–Crippen MR) is 151 cm³/mol. The van der Waals surface area contributed by atoms with Crippen molar-refractivity contribution in [3.63, 3.8) is 0 Å². The van der Waals surface area contributed by atoms with E-state index in [0.717, 1.165) is 29.9 Å². The number of allylic oxidation sites excluding steroid dienone is 8. The van der Waals surface area contributed by atoms with Crippen LogP contribution in [0.5, 0.6) is 0 Å². The highest BCUT2D eigenvalue weighted by Crippen LogP contribution is 2.50. The fourth-order valence-electron chi connectivity index (χ4n) is 4.71. The normalized spacial score (nSPS) is 19.3. The molecule has 1 aliphatic rings. The minimum absolute atomic E-state index is 0.0324. The zero-order valence-corrected chi connectivity index (χ0v) is 21.7. The van der Waals surface area contributed by atoms with E-state index in [4.69, 9.17) is 5.73 Å². The second kappa shape index (κ2) is 10.8. The van der Waals surface area contributed by atoms with Crippen LogP contribution in [0.4, 0.5) is 11.4 Å². The number of hydrogen-bond acceptors (Lipinski definition) is 2. The van der Waals surface area contributed by atoms with Crippen LogP contribution in [-0.2, 0) is 5.41 Å². The molecule has 178 valence electrons. The smallest absolute Gasteiger partial charge is 0.0452 e. The SMILES string of the molecule is C=CCC(=C\C=C/C)/C(Nc1ccc(C)cc1)=C(/C=C1/c2ccc(N)cc2C(C)(C)C1C)CC. The van der Waals surface area contributed by atoms with Crippen molar-refractivity contribution in [2.45, 2.75) is 59.8 Å².